The zero-order chi connectivity index (χ0) is 10.7. The first-order chi connectivity index (χ1) is 7.27. The SMILES string of the molecule is O=C(O)c1cnccc1OCCC1CC1. The van der Waals surface area contributed by atoms with Crippen LogP contribution in [0.5, 0.6) is 5.75 Å². The topological polar surface area (TPSA) is 59.4 Å². The quantitative estimate of drug-likeness (QED) is 0.801. The molecule has 0 saturated heterocycles. The third-order valence-electron chi connectivity index (χ3n) is 2.49. The number of pyridine rings is 1. The minimum atomic E-state index is -0.996. The number of rotatable bonds is 5. The van der Waals surface area contributed by atoms with Gasteiger partial charge < -0.3 is 9.84 Å². The van der Waals surface area contributed by atoms with Crippen molar-refractivity contribution in [3.8, 4) is 5.75 Å². The van der Waals surface area contributed by atoms with Crippen molar-refractivity contribution in [1.29, 1.82) is 0 Å². The fourth-order valence-electron chi connectivity index (χ4n) is 1.41. The summed E-state index contributed by atoms with van der Waals surface area (Å²) in [6, 6.07) is 1.59. The van der Waals surface area contributed by atoms with E-state index in [9.17, 15) is 4.79 Å². The van der Waals surface area contributed by atoms with Gasteiger partial charge in [-0.15, -0.1) is 0 Å². The molecule has 4 heteroatoms. The van der Waals surface area contributed by atoms with E-state index in [0.717, 1.165) is 12.3 Å². The summed E-state index contributed by atoms with van der Waals surface area (Å²) >= 11 is 0. The van der Waals surface area contributed by atoms with Crippen LogP contribution >= 0.6 is 0 Å². The molecule has 0 aromatic carbocycles. The van der Waals surface area contributed by atoms with E-state index >= 15 is 0 Å². The largest absolute Gasteiger partial charge is 0.493 e. The van der Waals surface area contributed by atoms with Gasteiger partial charge in [-0.05, 0) is 18.4 Å². The minimum Gasteiger partial charge on any atom is -0.493 e. The van der Waals surface area contributed by atoms with E-state index in [1.54, 1.807) is 12.3 Å². The van der Waals surface area contributed by atoms with Crippen LogP contribution in [0.1, 0.15) is 29.6 Å². The van der Waals surface area contributed by atoms with Crippen molar-refractivity contribution >= 4 is 5.97 Å². The lowest BCUT2D eigenvalue weighted by Crippen LogP contribution is -2.05. The van der Waals surface area contributed by atoms with Crippen molar-refractivity contribution in [3.05, 3.63) is 24.0 Å². The Bertz CT molecular complexity index is 361. The highest BCUT2D eigenvalue weighted by molar-refractivity contribution is 5.90. The van der Waals surface area contributed by atoms with Gasteiger partial charge in [0.25, 0.3) is 0 Å². The first-order valence-corrected chi connectivity index (χ1v) is 5.07. The normalized spacial score (nSPS) is 14.9. The Morgan fingerprint density at radius 1 is 1.60 bits per heavy atom. The van der Waals surface area contributed by atoms with E-state index in [1.165, 1.54) is 19.0 Å². The number of carboxylic acids is 1. The number of aromatic nitrogens is 1. The average Bonchev–Trinajstić information content (AvgIpc) is 3.02. The molecule has 80 valence electrons. The molecule has 0 bridgehead atoms. The molecular formula is C11H13NO3. The summed E-state index contributed by atoms with van der Waals surface area (Å²) in [5.41, 5.74) is 0.133. The molecule has 1 aromatic heterocycles. The highest BCUT2D eigenvalue weighted by Crippen LogP contribution is 2.32. The van der Waals surface area contributed by atoms with E-state index < -0.39 is 5.97 Å². The molecule has 1 aromatic rings. The Kier molecular flexibility index (Phi) is 2.85. The number of nitrogens with zero attached hydrogens (tertiary/aromatic N) is 1. The highest BCUT2D eigenvalue weighted by Gasteiger charge is 2.21. The van der Waals surface area contributed by atoms with Gasteiger partial charge in [0.2, 0.25) is 0 Å². The number of hydrogen-bond donors (Lipinski definition) is 1. The van der Waals surface area contributed by atoms with Crippen LogP contribution in [0.4, 0.5) is 0 Å². The molecule has 15 heavy (non-hydrogen) atoms. The zero-order valence-corrected chi connectivity index (χ0v) is 8.35. The van der Waals surface area contributed by atoms with E-state index in [0.29, 0.717) is 12.4 Å². The predicted octanol–water partition coefficient (Wildman–Crippen LogP) is 1.96. The minimum absolute atomic E-state index is 0.133. The molecule has 0 spiro atoms. The molecule has 1 aliphatic rings. The van der Waals surface area contributed by atoms with Crippen LogP contribution in [0.25, 0.3) is 0 Å². The van der Waals surface area contributed by atoms with Gasteiger partial charge in [0.1, 0.15) is 11.3 Å². The Hall–Kier alpha value is -1.58. The summed E-state index contributed by atoms with van der Waals surface area (Å²) in [5.74, 6) is 0.211. The predicted molar refractivity (Wildman–Crippen MR) is 54.0 cm³/mol. The van der Waals surface area contributed by atoms with Crippen molar-refractivity contribution in [2.24, 2.45) is 5.92 Å². The smallest absolute Gasteiger partial charge is 0.341 e. The molecule has 1 N–H and O–H groups in total. The fourth-order valence-corrected chi connectivity index (χ4v) is 1.41. The van der Waals surface area contributed by atoms with Crippen LogP contribution in [-0.4, -0.2) is 22.7 Å². The van der Waals surface area contributed by atoms with Crippen LogP contribution in [0.3, 0.4) is 0 Å². The Morgan fingerprint density at radius 2 is 2.40 bits per heavy atom. The van der Waals surface area contributed by atoms with Gasteiger partial charge in [0.15, 0.2) is 0 Å². The first-order valence-electron chi connectivity index (χ1n) is 5.07. The third-order valence-corrected chi connectivity index (χ3v) is 2.49. The number of carboxylic acid groups (broad SMARTS) is 1. The maximum absolute atomic E-state index is 10.8. The van der Waals surface area contributed by atoms with Crippen LogP contribution in [0, 0.1) is 5.92 Å². The lowest BCUT2D eigenvalue weighted by molar-refractivity contribution is 0.0691. The molecule has 0 atom stereocenters. The standard InChI is InChI=1S/C11H13NO3/c13-11(14)9-7-12-5-3-10(9)15-6-4-8-1-2-8/h3,5,7-8H,1-2,4,6H2,(H,13,14). The number of hydrogen-bond acceptors (Lipinski definition) is 3. The number of carbonyl (C=O) groups is 1. The molecule has 1 heterocycles. The second kappa shape index (κ2) is 4.29. The van der Waals surface area contributed by atoms with Crippen LogP contribution in [0.15, 0.2) is 18.5 Å². The van der Waals surface area contributed by atoms with Gasteiger partial charge in [-0.3, -0.25) is 4.98 Å². The summed E-state index contributed by atoms with van der Waals surface area (Å²) < 4.78 is 5.43. The average molecular weight is 207 g/mol. The van der Waals surface area contributed by atoms with Crippen molar-refractivity contribution in [2.75, 3.05) is 6.61 Å². The van der Waals surface area contributed by atoms with E-state index in [1.807, 2.05) is 0 Å². The van der Waals surface area contributed by atoms with Gasteiger partial charge in [-0.2, -0.15) is 0 Å². The van der Waals surface area contributed by atoms with Gasteiger partial charge in [-0.25, -0.2) is 4.79 Å². The summed E-state index contributed by atoms with van der Waals surface area (Å²) in [4.78, 5) is 14.6. The summed E-state index contributed by atoms with van der Waals surface area (Å²) in [7, 11) is 0. The van der Waals surface area contributed by atoms with E-state index in [4.69, 9.17) is 9.84 Å². The molecule has 1 saturated carbocycles. The molecule has 2 rings (SSSR count). The van der Waals surface area contributed by atoms with Crippen molar-refractivity contribution in [3.63, 3.8) is 0 Å². The summed E-state index contributed by atoms with van der Waals surface area (Å²) in [6.07, 6.45) is 6.44. The van der Waals surface area contributed by atoms with Crippen molar-refractivity contribution < 1.29 is 14.6 Å². The van der Waals surface area contributed by atoms with Gasteiger partial charge >= 0.3 is 5.97 Å². The lowest BCUT2D eigenvalue weighted by atomic mass is 10.2. The fraction of sp³-hybridized carbons (Fsp3) is 0.455. The van der Waals surface area contributed by atoms with E-state index in [2.05, 4.69) is 4.98 Å². The molecule has 1 fully saturated rings. The van der Waals surface area contributed by atoms with Crippen LogP contribution < -0.4 is 4.74 Å². The Balaban J connectivity index is 1.95. The van der Waals surface area contributed by atoms with E-state index in [-0.39, 0.29) is 5.56 Å². The van der Waals surface area contributed by atoms with Gasteiger partial charge in [0.05, 0.1) is 6.61 Å². The maximum atomic E-state index is 10.8. The molecule has 4 nitrogen and oxygen atoms in total. The van der Waals surface area contributed by atoms with Crippen LogP contribution in [0.2, 0.25) is 0 Å². The van der Waals surface area contributed by atoms with Gasteiger partial charge in [0, 0.05) is 12.4 Å². The second-order valence-electron chi connectivity index (χ2n) is 3.76. The Morgan fingerprint density at radius 3 is 3.07 bits per heavy atom. The molecule has 0 amide bonds. The zero-order valence-electron chi connectivity index (χ0n) is 8.35. The summed E-state index contributed by atoms with van der Waals surface area (Å²) in [5, 5.41) is 8.87. The second-order valence-corrected chi connectivity index (χ2v) is 3.76. The monoisotopic (exact) mass is 207 g/mol. The Labute approximate surface area is 87.9 Å². The van der Waals surface area contributed by atoms with Crippen molar-refractivity contribution in [2.45, 2.75) is 19.3 Å². The van der Waals surface area contributed by atoms with Crippen LogP contribution in [-0.2, 0) is 0 Å². The van der Waals surface area contributed by atoms with Crippen molar-refractivity contribution in [1.82, 2.24) is 4.98 Å². The first kappa shape index (κ1) is 9.96. The number of ether oxygens (including phenoxy) is 1. The summed E-state index contributed by atoms with van der Waals surface area (Å²) in [6.45, 7) is 0.592. The maximum Gasteiger partial charge on any atom is 0.341 e. The molecule has 1 aliphatic carbocycles. The highest BCUT2D eigenvalue weighted by atomic mass is 16.5. The molecule has 0 radical (unpaired) electrons. The molecular weight excluding hydrogens is 194 g/mol. The third kappa shape index (κ3) is 2.68. The lowest BCUT2D eigenvalue weighted by Gasteiger charge is -2.07. The molecule has 0 unspecified atom stereocenters. The van der Waals surface area contributed by atoms with Gasteiger partial charge in [-0.1, -0.05) is 12.8 Å². The number of aromatic carboxylic acids is 1. The molecule has 0 aliphatic heterocycles.